The Morgan fingerprint density at radius 1 is 1.42 bits per heavy atom. The van der Waals surface area contributed by atoms with E-state index in [1.54, 1.807) is 12.3 Å². The van der Waals surface area contributed by atoms with Crippen molar-refractivity contribution >= 4 is 10.9 Å². The molecule has 0 amide bonds. The van der Waals surface area contributed by atoms with Crippen LogP contribution < -0.4 is 5.84 Å². The number of nitrogens with zero attached hydrogens (tertiary/aromatic N) is 1. The van der Waals surface area contributed by atoms with Crippen LogP contribution in [0.1, 0.15) is 5.56 Å². The summed E-state index contributed by atoms with van der Waals surface area (Å²) in [5, 5.41) is 0.873. The molecule has 2 nitrogen and oxygen atoms in total. The quantitative estimate of drug-likeness (QED) is 0.591. The number of nitrogen functional groups attached to an aromatic ring is 1. The SMILES string of the molecule is Cc1cn(N)c2c(F)cccc12. The molecule has 0 saturated carbocycles. The fourth-order valence-electron chi connectivity index (χ4n) is 1.44. The van der Waals surface area contributed by atoms with Crippen molar-refractivity contribution in [2.45, 2.75) is 6.92 Å². The van der Waals surface area contributed by atoms with Gasteiger partial charge in [-0.2, -0.15) is 0 Å². The van der Waals surface area contributed by atoms with Crippen LogP contribution in [-0.4, -0.2) is 4.68 Å². The van der Waals surface area contributed by atoms with Gasteiger partial charge in [0.2, 0.25) is 0 Å². The van der Waals surface area contributed by atoms with Gasteiger partial charge in [-0.3, -0.25) is 4.68 Å². The molecular weight excluding hydrogens is 155 g/mol. The van der Waals surface area contributed by atoms with Crippen LogP contribution in [0, 0.1) is 12.7 Å². The van der Waals surface area contributed by atoms with E-state index in [0.717, 1.165) is 10.9 Å². The molecule has 1 aromatic heterocycles. The lowest BCUT2D eigenvalue weighted by atomic mass is 10.2. The molecule has 2 N–H and O–H groups in total. The molecule has 2 rings (SSSR count). The van der Waals surface area contributed by atoms with Crippen LogP contribution in [0.3, 0.4) is 0 Å². The number of nitrogens with two attached hydrogens (primary N) is 1. The molecule has 0 atom stereocenters. The van der Waals surface area contributed by atoms with Crippen molar-refractivity contribution in [3.05, 3.63) is 35.8 Å². The zero-order chi connectivity index (χ0) is 8.72. The van der Waals surface area contributed by atoms with Crippen LogP contribution in [0.15, 0.2) is 24.4 Å². The Labute approximate surface area is 69.4 Å². The number of fused-ring (bicyclic) bond motifs is 1. The van der Waals surface area contributed by atoms with Crippen molar-refractivity contribution < 1.29 is 4.39 Å². The first-order valence-electron chi connectivity index (χ1n) is 3.71. The second kappa shape index (κ2) is 2.24. The van der Waals surface area contributed by atoms with E-state index in [9.17, 15) is 4.39 Å². The summed E-state index contributed by atoms with van der Waals surface area (Å²) in [4.78, 5) is 0. The van der Waals surface area contributed by atoms with Gasteiger partial charge in [0.1, 0.15) is 11.3 Å². The van der Waals surface area contributed by atoms with Crippen LogP contribution >= 0.6 is 0 Å². The van der Waals surface area contributed by atoms with Crippen LogP contribution in [0.25, 0.3) is 10.9 Å². The van der Waals surface area contributed by atoms with Gasteiger partial charge < -0.3 is 5.84 Å². The van der Waals surface area contributed by atoms with Crippen molar-refractivity contribution in [3.63, 3.8) is 0 Å². The first kappa shape index (κ1) is 7.16. The predicted octanol–water partition coefficient (Wildman–Crippen LogP) is 1.80. The highest BCUT2D eigenvalue weighted by molar-refractivity contribution is 5.84. The lowest BCUT2D eigenvalue weighted by Crippen LogP contribution is -2.06. The molecule has 3 heteroatoms. The Morgan fingerprint density at radius 2 is 2.17 bits per heavy atom. The van der Waals surface area contributed by atoms with E-state index < -0.39 is 0 Å². The normalized spacial score (nSPS) is 10.8. The second-order valence-corrected chi connectivity index (χ2v) is 2.86. The van der Waals surface area contributed by atoms with Crippen molar-refractivity contribution in [1.29, 1.82) is 0 Å². The third-order valence-electron chi connectivity index (χ3n) is 2.00. The van der Waals surface area contributed by atoms with Gasteiger partial charge in [-0.15, -0.1) is 0 Å². The minimum Gasteiger partial charge on any atom is -0.339 e. The number of aromatic nitrogens is 1. The fourth-order valence-corrected chi connectivity index (χ4v) is 1.44. The molecule has 0 aliphatic heterocycles. The maximum Gasteiger partial charge on any atom is 0.149 e. The molecule has 0 saturated heterocycles. The van der Waals surface area contributed by atoms with Gasteiger partial charge in [-0.1, -0.05) is 12.1 Å². The van der Waals surface area contributed by atoms with Crippen LogP contribution in [-0.2, 0) is 0 Å². The Hall–Kier alpha value is -1.51. The van der Waals surface area contributed by atoms with E-state index in [0.29, 0.717) is 5.52 Å². The maximum atomic E-state index is 13.2. The van der Waals surface area contributed by atoms with Gasteiger partial charge in [0.15, 0.2) is 0 Å². The molecule has 0 radical (unpaired) electrons. The maximum absolute atomic E-state index is 13.2. The van der Waals surface area contributed by atoms with Gasteiger partial charge >= 0.3 is 0 Å². The molecule has 0 aliphatic rings. The van der Waals surface area contributed by atoms with E-state index >= 15 is 0 Å². The molecule has 0 bridgehead atoms. The molecule has 12 heavy (non-hydrogen) atoms. The highest BCUT2D eigenvalue weighted by atomic mass is 19.1. The number of halogens is 1. The Balaban J connectivity index is 2.99. The van der Waals surface area contributed by atoms with E-state index in [1.165, 1.54) is 10.7 Å². The number of hydrogen-bond donors (Lipinski definition) is 1. The summed E-state index contributed by atoms with van der Waals surface area (Å²) < 4.78 is 14.5. The van der Waals surface area contributed by atoms with E-state index in [4.69, 9.17) is 5.84 Å². The molecule has 1 aromatic carbocycles. The van der Waals surface area contributed by atoms with Crippen molar-refractivity contribution in [3.8, 4) is 0 Å². The summed E-state index contributed by atoms with van der Waals surface area (Å²) >= 11 is 0. The van der Waals surface area contributed by atoms with Crippen LogP contribution in [0.2, 0.25) is 0 Å². The third kappa shape index (κ3) is 0.794. The summed E-state index contributed by atoms with van der Waals surface area (Å²) in [6.45, 7) is 1.91. The summed E-state index contributed by atoms with van der Waals surface area (Å²) in [6, 6.07) is 4.95. The molecule has 1 heterocycles. The largest absolute Gasteiger partial charge is 0.339 e. The lowest BCUT2D eigenvalue weighted by Gasteiger charge is -1.96. The lowest BCUT2D eigenvalue weighted by molar-refractivity contribution is 0.633. The Bertz CT molecular complexity index is 431. The topological polar surface area (TPSA) is 30.9 Å². The molecule has 0 aliphatic carbocycles. The smallest absolute Gasteiger partial charge is 0.149 e. The fraction of sp³-hybridized carbons (Fsp3) is 0.111. The molecule has 2 aromatic rings. The first-order valence-corrected chi connectivity index (χ1v) is 3.71. The average Bonchev–Trinajstić information content (AvgIpc) is 2.29. The van der Waals surface area contributed by atoms with E-state index in [1.807, 2.05) is 13.0 Å². The van der Waals surface area contributed by atoms with Crippen LogP contribution in [0.4, 0.5) is 4.39 Å². The molecular formula is C9H9FN2. The highest BCUT2D eigenvalue weighted by Gasteiger charge is 2.06. The van der Waals surface area contributed by atoms with Gasteiger partial charge in [-0.05, 0) is 18.6 Å². The van der Waals surface area contributed by atoms with Gasteiger partial charge in [-0.25, -0.2) is 4.39 Å². The summed E-state index contributed by atoms with van der Waals surface area (Å²) in [5.41, 5.74) is 1.46. The number of rotatable bonds is 0. The molecule has 0 spiro atoms. The van der Waals surface area contributed by atoms with Crippen LogP contribution in [0.5, 0.6) is 0 Å². The van der Waals surface area contributed by atoms with Gasteiger partial charge in [0, 0.05) is 11.6 Å². The first-order chi connectivity index (χ1) is 5.70. The molecule has 0 fully saturated rings. The average molecular weight is 164 g/mol. The number of para-hydroxylation sites is 1. The second-order valence-electron chi connectivity index (χ2n) is 2.86. The standard InChI is InChI=1S/C9H9FN2/c1-6-5-12(11)9-7(6)3-2-4-8(9)10/h2-5H,11H2,1H3. The summed E-state index contributed by atoms with van der Waals surface area (Å²) in [5.74, 6) is 5.28. The summed E-state index contributed by atoms with van der Waals surface area (Å²) in [7, 11) is 0. The highest BCUT2D eigenvalue weighted by Crippen LogP contribution is 2.20. The zero-order valence-corrected chi connectivity index (χ0v) is 6.71. The Kier molecular flexibility index (Phi) is 1.33. The van der Waals surface area contributed by atoms with Gasteiger partial charge in [0.25, 0.3) is 0 Å². The number of hydrogen-bond acceptors (Lipinski definition) is 1. The predicted molar refractivity (Wildman–Crippen MR) is 46.8 cm³/mol. The molecule has 62 valence electrons. The van der Waals surface area contributed by atoms with E-state index in [-0.39, 0.29) is 5.82 Å². The minimum atomic E-state index is -0.275. The minimum absolute atomic E-state index is 0.275. The summed E-state index contributed by atoms with van der Waals surface area (Å²) in [6.07, 6.45) is 1.72. The van der Waals surface area contributed by atoms with E-state index in [2.05, 4.69) is 0 Å². The van der Waals surface area contributed by atoms with Crippen molar-refractivity contribution in [2.24, 2.45) is 0 Å². The Morgan fingerprint density at radius 3 is 2.83 bits per heavy atom. The van der Waals surface area contributed by atoms with Crippen molar-refractivity contribution in [1.82, 2.24) is 4.68 Å². The number of benzene rings is 1. The van der Waals surface area contributed by atoms with Gasteiger partial charge in [0.05, 0.1) is 0 Å². The molecule has 0 unspecified atom stereocenters. The monoisotopic (exact) mass is 164 g/mol. The third-order valence-corrected chi connectivity index (χ3v) is 2.00. The van der Waals surface area contributed by atoms with Crippen molar-refractivity contribution in [2.75, 3.05) is 5.84 Å². The number of aryl methyl sites for hydroxylation is 1. The zero-order valence-electron chi connectivity index (χ0n) is 6.71.